The number of anilines is 1. The maximum Gasteiger partial charge on any atom is 0.304 e. The van der Waals surface area contributed by atoms with Gasteiger partial charge in [0, 0.05) is 46.9 Å². The monoisotopic (exact) mass is 964 g/mol. The first-order valence-corrected chi connectivity index (χ1v) is 23.2. The molecule has 4 amide bonds. The van der Waals surface area contributed by atoms with Crippen LogP contribution in [-0.2, 0) is 43.0 Å². The maximum absolute atomic E-state index is 17.8. The van der Waals surface area contributed by atoms with Gasteiger partial charge in [0.2, 0.25) is 23.6 Å². The molecule has 68 heavy (non-hydrogen) atoms. The Labute approximate surface area is 397 Å². The van der Waals surface area contributed by atoms with Gasteiger partial charge in [-0.1, -0.05) is 56.3 Å². The number of nitrogens with one attached hydrogen (secondary N) is 4. The largest absolute Gasteiger partial charge is 0.481 e. The lowest BCUT2D eigenvalue weighted by Crippen LogP contribution is -2.70. The summed E-state index contributed by atoms with van der Waals surface area (Å²) in [7, 11) is 0. The predicted molar refractivity (Wildman–Crippen MR) is 244 cm³/mol. The number of hydrogen-bond donors (Lipinski definition) is 8. The van der Waals surface area contributed by atoms with E-state index in [2.05, 4.69) is 33.9 Å². The van der Waals surface area contributed by atoms with Crippen molar-refractivity contribution in [2.45, 2.75) is 126 Å². The third-order valence-corrected chi connectivity index (χ3v) is 15.6. The molecular weight excluding hydrogens is 907 g/mol. The Kier molecular flexibility index (Phi) is 14.3. The molecule has 1 saturated heterocycles. The number of benzene rings is 2. The molecule has 7 N–H and O–H groups in total. The molecule has 1 heterocycles. The fourth-order valence-electron chi connectivity index (χ4n) is 11.4. The van der Waals surface area contributed by atoms with Crippen LogP contribution in [0.5, 0.6) is 0 Å². The first-order chi connectivity index (χ1) is 32.0. The molecule has 366 valence electrons. The molecule has 16 nitrogen and oxygen atoms in total. The normalized spacial score (nSPS) is 33.0. The van der Waals surface area contributed by atoms with Gasteiger partial charge in [-0.25, -0.2) is 8.78 Å². The summed E-state index contributed by atoms with van der Waals surface area (Å²) in [6.07, 6.45) is -2.77. The number of ketones is 2. The number of ether oxygens (including phenoxy) is 2. The Morgan fingerprint density at radius 1 is 0.926 bits per heavy atom. The third-order valence-electron chi connectivity index (χ3n) is 15.1. The molecule has 4 aliphatic carbocycles. The number of aliphatic hydroxyl groups excluding tert-OH is 2. The van der Waals surface area contributed by atoms with E-state index in [9.17, 15) is 43.8 Å². The zero-order valence-electron chi connectivity index (χ0n) is 38.3. The van der Waals surface area contributed by atoms with E-state index >= 15 is 8.78 Å². The van der Waals surface area contributed by atoms with Crippen LogP contribution in [-0.4, -0.2) is 117 Å². The number of carbonyl (C=O) groups is 7. The maximum atomic E-state index is 17.8. The number of aliphatic carboxylic acids is 1. The van der Waals surface area contributed by atoms with Gasteiger partial charge in [0.15, 0.2) is 29.1 Å². The number of carboxylic acid groups (broad SMARTS) is 1. The quantitative estimate of drug-likeness (QED) is 0.112. The summed E-state index contributed by atoms with van der Waals surface area (Å²) >= 11 is 3.92. The zero-order valence-corrected chi connectivity index (χ0v) is 39.2. The number of allylic oxidation sites excluding steroid dienone is 4. The standard InChI is InChI=1S/C49H58F2N4O12S/c1-24(29-7-6-8-30(17-29)55-43(64)26(3)54-42(63)25(2)53-40(60)14-16-52-44(65)36(68)21-41(61)62)27-9-11-28(12-10-27)45-66-39-20-32-33-19-35(50)34-18-31(57)13-15-46(34,4)48(33,51)37(58)22-47(32,5)49(39,67-45)38(59)23-56/h6-13,15,17-18,24-26,32-33,35-37,39,45,56,58,68H,14,16,19-23H2,1-5H3,(H,52,65)(H,53,60)(H,54,63)(H,55,64)(H,61,62)/t24-,25-,26-,32?,33-,35-,36?,37-,39+,45+,46-,47-,48-,49+/m0/s1. The number of hydrogen-bond acceptors (Lipinski definition) is 12. The number of fused-ring (bicyclic) bond motifs is 7. The average Bonchev–Trinajstić information content (AvgIpc) is 3.80. The van der Waals surface area contributed by atoms with Gasteiger partial charge in [0.05, 0.1) is 23.9 Å². The van der Waals surface area contributed by atoms with E-state index in [0.29, 0.717) is 11.3 Å². The van der Waals surface area contributed by atoms with Crippen molar-refractivity contribution in [3.05, 3.63) is 89.0 Å². The lowest BCUT2D eigenvalue weighted by molar-refractivity contribution is -0.235. The number of Topliss-reactive ketones (excluding diaryl/α,β-unsaturated/α-hetero) is 1. The Morgan fingerprint density at radius 2 is 1.62 bits per heavy atom. The van der Waals surface area contributed by atoms with Gasteiger partial charge < -0.3 is 46.1 Å². The molecule has 3 saturated carbocycles. The Balaban J connectivity index is 0.965. The van der Waals surface area contributed by atoms with E-state index in [1.807, 2.05) is 25.1 Å². The molecule has 0 spiro atoms. The van der Waals surface area contributed by atoms with E-state index < -0.39 is 130 Å². The SMILES string of the molecule is C[C@@H](c1ccc([C@@H]2O[C@@H]3CC4[C@@H]5C[C@H](F)C6=CC(=O)C=C[C@]6(C)[C@@]5(F)[C@@H](O)C[C@]4(C)[C@]3(C(=O)CO)O2)cc1)c1cccc(NC(=O)[C@H](C)NC(=O)[C@H](C)NC(=O)CCNC(=O)C(S)CC(=O)O)c1. The number of amides is 4. The number of alkyl halides is 2. The molecule has 19 heteroatoms. The van der Waals surface area contributed by atoms with Gasteiger partial charge in [-0.3, -0.25) is 33.6 Å². The molecule has 7 rings (SSSR count). The Morgan fingerprint density at radius 3 is 2.29 bits per heavy atom. The minimum absolute atomic E-state index is 0.00764. The van der Waals surface area contributed by atoms with Crippen LogP contribution in [0.15, 0.2) is 72.3 Å². The van der Waals surface area contributed by atoms with Gasteiger partial charge in [-0.2, -0.15) is 12.6 Å². The van der Waals surface area contributed by atoms with Gasteiger partial charge in [-0.05, 0) is 86.9 Å². The predicted octanol–water partition coefficient (Wildman–Crippen LogP) is 3.71. The second kappa shape index (κ2) is 19.2. The highest BCUT2D eigenvalue weighted by molar-refractivity contribution is 7.81. The van der Waals surface area contributed by atoms with E-state index in [1.54, 1.807) is 37.3 Å². The first-order valence-electron chi connectivity index (χ1n) is 22.7. The highest BCUT2D eigenvalue weighted by atomic mass is 32.1. The van der Waals surface area contributed by atoms with Crippen LogP contribution < -0.4 is 21.3 Å². The van der Waals surface area contributed by atoms with Crippen molar-refractivity contribution >= 4 is 59.5 Å². The average molecular weight is 965 g/mol. The summed E-state index contributed by atoms with van der Waals surface area (Å²) in [5, 5.41) is 40.1. The molecule has 4 fully saturated rings. The molecule has 2 aromatic rings. The van der Waals surface area contributed by atoms with Crippen molar-refractivity contribution in [1.29, 1.82) is 0 Å². The number of halogens is 2. The van der Waals surface area contributed by atoms with Gasteiger partial charge in [0.1, 0.15) is 24.9 Å². The molecule has 0 bridgehead atoms. The second-order valence-electron chi connectivity index (χ2n) is 19.2. The number of aliphatic hydroxyl groups is 2. The van der Waals surface area contributed by atoms with Gasteiger partial charge in [0.25, 0.3) is 0 Å². The summed E-state index contributed by atoms with van der Waals surface area (Å²) in [4.78, 5) is 87.2. The third kappa shape index (κ3) is 8.80. The van der Waals surface area contributed by atoms with Crippen molar-refractivity contribution < 1.29 is 67.1 Å². The van der Waals surface area contributed by atoms with Crippen LogP contribution in [0.25, 0.3) is 0 Å². The molecular formula is C49H58F2N4O12S. The van der Waals surface area contributed by atoms with Crippen LogP contribution in [0.4, 0.5) is 14.5 Å². The van der Waals surface area contributed by atoms with Crippen molar-refractivity contribution in [2.75, 3.05) is 18.5 Å². The van der Waals surface area contributed by atoms with Crippen LogP contribution >= 0.6 is 12.6 Å². The van der Waals surface area contributed by atoms with E-state index in [0.717, 1.165) is 17.2 Å². The van der Waals surface area contributed by atoms with Crippen LogP contribution in [0.1, 0.15) is 95.6 Å². The highest BCUT2D eigenvalue weighted by Gasteiger charge is 2.80. The first kappa shape index (κ1) is 50.5. The van der Waals surface area contributed by atoms with Gasteiger partial charge >= 0.3 is 5.97 Å². The molecule has 2 unspecified atom stereocenters. The summed E-state index contributed by atoms with van der Waals surface area (Å²) in [6.45, 7) is 7.11. The zero-order chi connectivity index (χ0) is 49.7. The molecule has 5 aliphatic rings. The Bertz CT molecular complexity index is 2440. The van der Waals surface area contributed by atoms with Crippen molar-refractivity contribution in [3.63, 3.8) is 0 Å². The van der Waals surface area contributed by atoms with Crippen LogP contribution in [0.3, 0.4) is 0 Å². The number of carbonyl (C=O) groups excluding carboxylic acids is 6. The molecule has 0 radical (unpaired) electrons. The summed E-state index contributed by atoms with van der Waals surface area (Å²) < 4.78 is 46.9. The second-order valence-corrected chi connectivity index (χ2v) is 19.8. The highest BCUT2D eigenvalue weighted by Crippen LogP contribution is 2.72. The number of thiol groups is 1. The van der Waals surface area contributed by atoms with Crippen molar-refractivity contribution in [1.82, 2.24) is 16.0 Å². The molecule has 1 aliphatic heterocycles. The van der Waals surface area contributed by atoms with E-state index in [4.69, 9.17) is 14.6 Å². The Hall–Kier alpha value is -5.34. The number of carboxylic acids is 1. The minimum atomic E-state index is -2.36. The van der Waals surface area contributed by atoms with Gasteiger partial charge in [-0.15, -0.1) is 0 Å². The minimum Gasteiger partial charge on any atom is -0.481 e. The summed E-state index contributed by atoms with van der Waals surface area (Å²) in [6, 6.07) is 12.4. The van der Waals surface area contributed by atoms with Crippen LogP contribution in [0, 0.1) is 22.7 Å². The summed E-state index contributed by atoms with van der Waals surface area (Å²) in [5.41, 5.74) is -4.28. The number of rotatable bonds is 16. The fraction of sp³-hybridized carbons (Fsp3) is 0.531. The smallest absolute Gasteiger partial charge is 0.304 e. The van der Waals surface area contributed by atoms with Crippen LogP contribution in [0.2, 0.25) is 0 Å². The molecule has 2 aromatic carbocycles. The van der Waals surface area contributed by atoms with E-state index in [1.165, 1.54) is 32.9 Å². The molecule has 0 aromatic heterocycles. The molecule has 14 atom stereocenters. The summed E-state index contributed by atoms with van der Waals surface area (Å²) in [5.74, 6) is -6.62. The lowest BCUT2D eigenvalue weighted by atomic mass is 9.44. The van der Waals surface area contributed by atoms with Crippen molar-refractivity contribution in [2.24, 2.45) is 22.7 Å². The lowest BCUT2D eigenvalue weighted by Gasteiger charge is -2.63. The van der Waals surface area contributed by atoms with Crippen molar-refractivity contribution in [3.8, 4) is 0 Å². The van der Waals surface area contributed by atoms with E-state index in [-0.39, 0.29) is 43.7 Å². The fourth-order valence-corrected chi connectivity index (χ4v) is 11.7. The topological polar surface area (TPSA) is 247 Å².